The van der Waals surface area contributed by atoms with Crippen LogP contribution in [0.1, 0.15) is 45.4 Å². The first-order chi connectivity index (χ1) is 9.83. The van der Waals surface area contributed by atoms with E-state index in [-0.39, 0.29) is 12.1 Å². The molecule has 0 saturated heterocycles. The molecule has 0 saturated carbocycles. The number of benzene rings is 1. The number of thiophene rings is 1. The van der Waals surface area contributed by atoms with Gasteiger partial charge in [-0.2, -0.15) is 0 Å². The normalized spacial score (nSPS) is 20.6. The van der Waals surface area contributed by atoms with E-state index in [0.29, 0.717) is 0 Å². The Kier molecular flexibility index (Phi) is 2.77. The van der Waals surface area contributed by atoms with Crippen molar-refractivity contribution in [2.45, 2.75) is 31.8 Å². The van der Waals surface area contributed by atoms with E-state index < -0.39 is 0 Å². The summed E-state index contributed by atoms with van der Waals surface area (Å²) in [7, 11) is 0. The minimum absolute atomic E-state index is 0.0759. The molecule has 0 bridgehead atoms. The van der Waals surface area contributed by atoms with Gasteiger partial charge in [-0.25, -0.2) is 0 Å². The van der Waals surface area contributed by atoms with Gasteiger partial charge in [0.2, 0.25) is 0 Å². The Bertz CT molecular complexity index is 663. The van der Waals surface area contributed by atoms with E-state index in [1.165, 1.54) is 23.3 Å². The van der Waals surface area contributed by atoms with Crippen molar-refractivity contribution >= 4 is 22.2 Å². The van der Waals surface area contributed by atoms with Crippen molar-refractivity contribution in [2.24, 2.45) is 0 Å². The third-order valence-corrected chi connectivity index (χ3v) is 5.31. The average Bonchev–Trinajstić information content (AvgIpc) is 2.87. The Morgan fingerprint density at radius 2 is 1.85 bits per heavy atom. The zero-order chi connectivity index (χ0) is 13.5. The van der Waals surface area contributed by atoms with Crippen LogP contribution in [0.4, 0.5) is 5.00 Å². The van der Waals surface area contributed by atoms with Gasteiger partial charge in [0.15, 0.2) is 0 Å². The largest absolute Gasteiger partial charge is 0.353 e. The summed E-state index contributed by atoms with van der Waals surface area (Å²) in [6.07, 6.45) is 4.50. The maximum Gasteiger partial charge on any atom is 0.256 e. The second-order valence-corrected chi connectivity index (χ2v) is 6.48. The summed E-state index contributed by atoms with van der Waals surface area (Å²) >= 11 is 1.77. The van der Waals surface area contributed by atoms with Gasteiger partial charge >= 0.3 is 0 Å². The van der Waals surface area contributed by atoms with Crippen LogP contribution in [0.2, 0.25) is 0 Å². The van der Waals surface area contributed by atoms with Gasteiger partial charge in [-0.3, -0.25) is 4.79 Å². The topological polar surface area (TPSA) is 41.1 Å². The maximum absolute atomic E-state index is 12.5. The molecule has 4 rings (SSSR count). The third-order valence-electron chi connectivity index (χ3n) is 4.08. The van der Waals surface area contributed by atoms with E-state index in [1.54, 1.807) is 11.3 Å². The number of amides is 1. The minimum atomic E-state index is -0.115. The first-order valence-electron chi connectivity index (χ1n) is 7.10. The van der Waals surface area contributed by atoms with Gasteiger partial charge < -0.3 is 10.6 Å². The molecule has 1 atom stereocenters. The van der Waals surface area contributed by atoms with E-state index in [9.17, 15) is 4.79 Å². The molecule has 20 heavy (non-hydrogen) atoms. The van der Waals surface area contributed by atoms with Crippen molar-refractivity contribution in [2.75, 3.05) is 5.32 Å². The summed E-state index contributed by atoms with van der Waals surface area (Å²) in [5, 5.41) is 7.62. The van der Waals surface area contributed by atoms with E-state index in [0.717, 1.165) is 29.0 Å². The van der Waals surface area contributed by atoms with Crippen LogP contribution in [0.15, 0.2) is 30.3 Å². The van der Waals surface area contributed by atoms with Crippen LogP contribution in [0.3, 0.4) is 0 Å². The highest BCUT2D eigenvalue weighted by molar-refractivity contribution is 7.16. The van der Waals surface area contributed by atoms with E-state index in [2.05, 4.69) is 10.6 Å². The number of hydrogen-bond acceptors (Lipinski definition) is 3. The van der Waals surface area contributed by atoms with Crippen LogP contribution < -0.4 is 10.6 Å². The lowest BCUT2D eigenvalue weighted by atomic mass is 9.94. The predicted molar refractivity (Wildman–Crippen MR) is 81.2 cm³/mol. The molecule has 1 aromatic heterocycles. The monoisotopic (exact) mass is 284 g/mol. The first-order valence-corrected chi connectivity index (χ1v) is 7.91. The number of nitrogens with one attached hydrogen (secondary N) is 2. The molecule has 2 N–H and O–H groups in total. The molecule has 2 aromatic rings. The number of carbonyl (C=O) groups is 1. The fourth-order valence-electron chi connectivity index (χ4n) is 3.09. The fraction of sp³-hybridized carbons (Fsp3) is 0.312. The summed E-state index contributed by atoms with van der Waals surface area (Å²) < 4.78 is 0. The highest BCUT2D eigenvalue weighted by Crippen LogP contribution is 2.41. The molecule has 2 heterocycles. The number of hydrogen-bond donors (Lipinski definition) is 2. The predicted octanol–water partition coefficient (Wildman–Crippen LogP) is 3.48. The molecule has 3 nitrogen and oxygen atoms in total. The van der Waals surface area contributed by atoms with Gasteiger partial charge in [0.25, 0.3) is 5.91 Å². The Hall–Kier alpha value is -1.81. The fourth-order valence-corrected chi connectivity index (χ4v) is 4.41. The van der Waals surface area contributed by atoms with Crippen LogP contribution in [0.25, 0.3) is 0 Å². The molecule has 102 valence electrons. The van der Waals surface area contributed by atoms with E-state index in [1.807, 2.05) is 30.3 Å². The molecule has 4 heteroatoms. The van der Waals surface area contributed by atoms with Crippen molar-refractivity contribution in [1.29, 1.82) is 0 Å². The summed E-state index contributed by atoms with van der Waals surface area (Å²) in [4.78, 5) is 13.9. The molecule has 1 unspecified atom stereocenters. The quantitative estimate of drug-likeness (QED) is 0.841. The summed E-state index contributed by atoms with van der Waals surface area (Å²) in [6.45, 7) is 0. The molecule has 2 aliphatic rings. The number of fused-ring (bicyclic) bond motifs is 3. The van der Waals surface area contributed by atoms with Crippen molar-refractivity contribution in [3.63, 3.8) is 0 Å². The van der Waals surface area contributed by atoms with Crippen molar-refractivity contribution < 1.29 is 4.79 Å². The standard InChI is InChI=1S/C16H16N2OS/c19-15-13-11-8-4-5-9-12(11)20-16(13)18-14(17-15)10-6-2-1-3-7-10/h1-3,6-7,14,18H,4-5,8-9H2,(H,17,19). The molecule has 1 aliphatic carbocycles. The summed E-state index contributed by atoms with van der Waals surface area (Å²) in [5.74, 6) is 0.0759. The van der Waals surface area contributed by atoms with Crippen LogP contribution >= 0.6 is 11.3 Å². The first kappa shape index (κ1) is 12.0. The lowest BCUT2D eigenvalue weighted by molar-refractivity contribution is 0.0935. The van der Waals surface area contributed by atoms with Gasteiger partial charge in [-0.15, -0.1) is 11.3 Å². The van der Waals surface area contributed by atoms with Crippen LogP contribution in [-0.2, 0) is 12.8 Å². The Balaban J connectivity index is 1.73. The molecule has 1 amide bonds. The lowest BCUT2D eigenvalue weighted by Gasteiger charge is -2.26. The Morgan fingerprint density at radius 1 is 1.05 bits per heavy atom. The maximum atomic E-state index is 12.5. The van der Waals surface area contributed by atoms with Gasteiger partial charge in [0.1, 0.15) is 11.2 Å². The minimum Gasteiger partial charge on any atom is -0.353 e. The van der Waals surface area contributed by atoms with Crippen LogP contribution in [0.5, 0.6) is 0 Å². The zero-order valence-electron chi connectivity index (χ0n) is 11.1. The second kappa shape index (κ2) is 4.63. The van der Waals surface area contributed by atoms with Crippen molar-refractivity contribution in [1.82, 2.24) is 5.32 Å². The molecule has 1 aromatic carbocycles. The van der Waals surface area contributed by atoms with Gasteiger partial charge in [-0.05, 0) is 36.8 Å². The van der Waals surface area contributed by atoms with E-state index in [4.69, 9.17) is 0 Å². The highest BCUT2D eigenvalue weighted by Gasteiger charge is 2.31. The molecule has 0 spiro atoms. The zero-order valence-corrected chi connectivity index (χ0v) is 11.9. The van der Waals surface area contributed by atoms with Crippen molar-refractivity contribution in [3.05, 3.63) is 51.9 Å². The molecule has 0 radical (unpaired) electrons. The third kappa shape index (κ3) is 1.83. The molecular formula is C16H16N2OS. The second-order valence-electron chi connectivity index (χ2n) is 5.38. The van der Waals surface area contributed by atoms with Gasteiger partial charge in [-0.1, -0.05) is 30.3 Å². The van der Waals surface area contributed by atoms with Crippen LogP contribution in [0, 0.1) is 0 Å². The van der Waals surface area contributed by atoms with Gasteiger partial charge in [0.05, 0.1) is 5.56 Å². The average molecular weight is 284 g/mol. The van der Waals surface area contributed by atoms with Crippen LogP contribution in [-0.4, -0.2) is 5.91 Å². The molecule has 1 aliphatic heterocycles. The highest BCUT2D eigenvalue weighted by atomic mass is 32.1. The number of carbonyl (C=O) groups excluding carboxylic acids is 1. The van der Waals surface area contributed by atoms with Crippen molar-refractivity contribution in [3.8, 4) is 0 Å². The SMILES string of the molecule is O=C1NC(c2ccccc2)Nc2sc3c(c21)CCCC3. The number of anilines is 1. The lowest BCUT2D eigenvalue weighted by Crippen LogP contribution is -2.38. The molecule has 0 fully saturated rings. The summed E-state index contributed by atoms with van der Waals surface area (Å²) in [6, 6.07) is 10.1. The molecular weight excluding hydrogens is 268 g/mol. The van der Waals surface area contributed by atoms with Gasteiger partial charge in [0, 0.05) is 4.88 Å². The number of aryl methyl sites for hydroxylation is 1. The smallest absolute Gasteiger partial charge is 0.256 e. The Labute approximate surface area is 122 Å². The number of rotatable bonds is 1. The summed E-state index contributed by atoms with van der Waals surface area (Å²) in [5.41, 5.74) is 3.28. The van der Waals surface area contributed by atoms with E-state index >= 15 is 0 Å². The Morgan fingerprint density at radius 3 is 2.70 bits per heavy atom.